The third kappa shape index (κ3) is 3.84. The Kier molecular flexibility index (Phi) is 5.50. The Morgan fingerprint density at radius 3 is 2.43 bits per heavy atom. The summed E-state index contributed by atoms with van der Waals surface area (Å²) < 4.78 is 3.56. The predicted molar refractivity (Wildman–Crippen MR) is 148 cm³/mol. The van der Waals surface area contributed by atoms with Gasteiger partial charge in [-0.15, -0.1) is 0 Å². The molecule has 6 rings (SSSR count). The first-order chi connectivity index (χ1) is 17.9. The topological polar surface area (TPSA) is 91.6 Å². The van der Waals surface area contributed by atoms with Crippen LogP contribution in [0.3, 0.4) is 0 Å². The van der Waals surface area contributed by atoms with Gasteiger partial charge in [-0.3, -0.25) is 9.36 Å². The smallest absolute Gasteiger partial charge is 0.263 e. The second kappa shape index (κ2) is 8.87. The zero-order chi connectivity index (χ0) is 25.7. The molecular formula is C29H23ClN6O. The molecule has 7 nitrogen and oxygen atoms in total. The van der Waals surface area contributed by atoms with Crippen molar-refractivity contribution in [2.45, 2.75) is 20.4 Å². The molecule has 0 atom stereocenters. The minimum absolute atomic E-state index is 0.0663. The van der Waals surface area contributed by atoms with Gasteiger partial charge < -0.3 is 5.73 Å². The minimum atomic E-state index is -0.0663. The third-order valence-electron chi connectivity index (χ3n) is 6.68. The van der Waals surface area contributed by atoms with E-state index in [4.69, 9.17) is 22.4 Å². The summed E-state index contributed by atoms with van der Waals surface area (Å²) in [6.45, 7) is 4.27. The van der Waals surface area contributed by atoms with Crippen molar-refractivity contribution in [3.05, 3.63) is 111 Å². The highest BCUT2D eigenvalue weighted by Crippen LogP contribution is 2.31. The highest BCUT2D eigenvalue weighted by molar-refractivity contribution is 6.30. The SMILES string of the molecule is Cc1ccccc1-n1c(Cn2nc(-c3ccc(Cl)cc3)c3c(N)ncnc32)cc2cccc(C)c2c1=O. The number of pyridine rings is 1. The summed E-state index contributed by atoms with van der Waals surface area (Å²) in [6, 6.07) is 23.2. The van der Waals surface area contributed by atoms with E-state index in [0.29, 0.717) is 39.5 Å². The average Bonchev–Trinajstić information content (AvgIpc) is 3.25. The molecule has 3 aromatic heterocycles. The quantitative estimate of drug-likeness (QED) is 0.331. The molecule has 0 aliphatic rings. The molecule has 8 heteroatoms. The van der Waals surface area contributed by atoms with Crippen molar-refractivity contribution < 1.29 is 0 Å². The molecule has 0 spiro atoms. The van der Waals surface area contributed by atoms with Gasteiger partial charge in [0.1, 0.15) is 17.8 Å². The van der Waals surface area contributed by atoms with E-state index >= 15 is 0 Å². The number of halogens is 1. The first kappa shape index (κ1) is 22.9. The molecule has 0 bridgehead atoms. The summed E-state index contributed by atoms with van der Waals surface area (Å²) in [4.78, 5) is 22.7. The van der Waals surface area contributed by atoms with E-state index in [0.717, 1.165) is 33.5 Å². The first-order valence-electron chi connectivity index (χ1n) is 11.9. The number of anilines is 1. The normalized spacial score (nSPS) is 11.4. The Balaban J connectivity index is 1.62. The van der Waals surface area contributed by atoms with Crippen LogP contribution in [0.1, 0.15) is 16.8 Å². The number of hydrogen-bond donors (Lipinski definition) is 1. The molecule has 6 aromatic rings. The van der Waals surface area contributed by atoms with Gasteiger partial charge in [0.05, 0.1) is 23.0 Å². The molecule has 0 radical (unpaired) electrons. The molecule has 0 amide bonds. The molecule has 0 saturated heterocycles. The standard InChI is InChI=1S/C29H23ClN6O/c1-17-6-3-4-9-23(17)36-22(14-20-8-5-7-18(2)24(20)29(36)37)15-35-28-25(27(31)32-16-33-28)26(34-35)19-10-12-21(30)13-11-19/h3-14,16H,15H2,1-2H3,(H2,31,32,33). The molecule has 182 valence electrons. The van der Waals surface area contributed by atoms with Gasteiger partial charge >= 0.3 is 0 Å². The van der Waals surface area contributed by atoms with E-state index in [1.165, 1.54) is 6.33 Å². The Hall–Kier alpha value is -4.49. The highest BCUT2D eigenvalue weighted by Gasteiger charge is 2.20. The van der Waals surface area contributed by atoms with Crippen LogP contribution in [0.25, 0.3) is 38.8 Å². The number of rotatable bonds is 4. The van der Waals surface area contributed by atoms with Crippen LogP contribution in [-0.4, -0.2) is 24.3 Å². The third-order valence-corrected chi connectivity index (χ3v) is 6.93. The van der Waals surface area contributed by atoms with Gasteiger partial charge in [0.15, 0.2) is 5.65 Å². The second-order valence-electron chi connectivity index (χ2n) is 9.07. The summed E-state index contributed by atoms with van der Waals surface area (Å²) in [5.74, 6) is 0.339. The van der Waals surface area contributed by atoms with Gasteiger partial charge in [0, 0.05) is 16.3 Å². The van der Waals surface area contributed by atoms with Crippen molar-refractivity contribution >= 4 is 39.2 Å². The van der Waals surface area contributed by atoms with E-state index in [9.17, 15) is 4.79 Å². The fourth-order valence-electron chi connectivity index (χ4n) is 4.89. The Bertz CT molecular complexity index is 1870. The van der Waals surface area contributed by atoms with Crippen LogP contribution in [0.15, 0.2) is 83.9 Å². The Labute approximate surface area is 217 Å². The number of para-hydroxylation sites is 1. The maximum atomic E-state index is 14.0. The number of nitrogen functional groups attached to an aromatic ring is 1. The van der Waals surface area contributed by atoms with Crippen molar-refractivity contribution in [2.24, 2.45) is 0 Å². The fraction of sp³-hybridized carbons (Fsp3) is 0.103. The number of fused-ring (bicyclic) bond motifs is 2. The molecule has 0 saturated carbocycles. The summed E-state index contributed by atoms with van der Waals surface area (Å²) in [5.41, 5.74) is 11.9. The lowest BCUT2D eigenvalue weighted by atomic mass is 10.1. The molecule has 0 unspecified atom stereocenters. The lowest BCUT2D eigenvalue weighted by molar-refractivity contribution is 0.671. The van der Waals surface area contributed by atoms with Crippen molar-refractivity contribution in [3.63, 3.8) is 0 Å². The van der Waals surface area contributed by atoms with Gasteiger partial charge in [-0.1, -0.05) is 60.1 Å². The molecule has 2 N–H and O–H groups in total. The van der Waals surface area contributed by atoms with E-state index in [2.05, 4.69) is 16.0 Å². The average molecular weight is 507 g/mol. The molecule has 3 aromatic carbocycles. The van der Waals surface area contributed by atoms with E-state index in [1.807, 2.05) is 80.6 Å². The van der Waals surface area contributed by atoms with Gasteiger partial charge in [-0.25, -0.2) is 14.6 Å². The Morgan fingerprint density at radius 2 is 1.65 bits per heavy atom. The molecule has 0 fully saturated rings. The molecule has 0 aliphatic heterocycles. The molecular weight excluding hydrogens is 484 g/mol. The maximum absolute atomic E-state index is 14.0. The van der Waals surface area contributed by atoms with Gasteiger partial charge in [0.25, 0.3) is 5.56 Å². The molecule has 0 aliphatic carbocycles. The maximum Gasteiger partial charge on any atom is 0.263 e. The van der Waals surface area contributed by atoms with Crippen molar-refractivity contribution in [1.82, 2.24) is 24.3 Å². The van der Waals surface area contributed by atoms with Crippen molar-refractivity contribution in [1.29, 1.82) is 0 Å². The van der Waals surface area contributed by atoms with Gasteiger partial charge in [-0.2, -0.15) is 5.10 Å². The number of aryl methyl sites for hydroxylation is 2. The van der Waals surface area contributed by atoms with Crippen LogP contribution in [-0.2, 0) is 6.54 Å². The summed E-state index contributed by atoms with van der Waals surface area (Å²) in [6.07, 6.45) is 1.43. The van der Waals surface area contributed by atoms with Crippen molar-refractivity contribution in [3.8, 4) is 16.9 Å². The summed E-state index contributed by atoms with van der Waals surface area (Å²) >= 11 is 6.12. The van der Waals surface area contributed by atoms with Crippen LogP contribution in [0.5, 0.6) is 0 Å². The number of nitrogens with two attached hydrogens (primary N) is 1. The lowest BCUT2D eigenvalue weighted by Gasteiger charge is -2.17. The Morgan fingerprint density at radius 1 is 0.892 bits per heavy atom. The van der Waals surface area contributed by atoms with Crippen molar-refractivity contribution in [2.75, 3.05) is 5.73 Å². The monoisotopic (exact) mass is 506 g/mol. The van der Waals surface area contributed by atoms with Crippen LogP contribution in [0.2, 0.25) is 5.02 Å². The number of benzene rings is 3. The number of nitrogens with zero attached hydrogens (tertiary/aromatic N) is 5. The lowest BCUT2D eigenvalue weighted by Crippen LogP contribution is -2.25. The summed E-state index contributed by atoms with van der Waals surface area (Å²) in [7, 11) is 0. The second-order valence-corrected chi connectivity index (χ2v) is 9.51. The highest BCUT2D eigenvalue weighted by atomic mass is 35.5. The predicted octanol–water partition coefficient (Wildman–Crippen LogP) is 5.70. The largest absolute Gasteiger partial charge is 0.383 e. The first-order valence-corrected chi connectivity index (χ1v) is 12.2. The summed E-state index contributed by atoms with van der Waals surface area (Å²) in [5, 5.41) is 7.78. The van der Waals surface area contributed by atoms with E-state index in [1.54, 1.807) is 9.25 Å². The number of aromatic nitrogens is 5. The fourth-order valence-corrected chi connectivity index (χ4v) is 5.01. The molecule has 37 heavy (non-hydrogen) atoms. The van der Waals surface area contributed by atoms with Gasteiger partial charge in [-0.05, 0) is 54.6 Å². The van der Waals surface area contributed by atoms with Crippen LogP contribution < -0.4 is 11.3 Å². The van der Waals surface area contributed by atoms with Crippen LogP contribution in [0, 0.1) is 13.8 Å². The van der Waals surface area contributed by atoms with E-state index in [-0.39, 0.29) is 5.56 Å². The molecule has 3 heterocycles. The van der Waals surface area contributed by atoms with Crippen LogP contribution in [0.4, 0.5) is 5.82 Å². The number of hydrogen-bond acceptors (Lipinski definition) is 5. The van der Waals surface area contributed by atoms with Gasteiger partial charge in [0.2, 0.25) is 0 Å². The zero-order valence-corrected chi connectivity index (χ0v) is 21.1. The zero-order valence-electron chi connectivity index (χ0n) is 20.3. The minimum Gasteiger partial charge on any atom is -0.383 e. The van der Waals surface area contributed by atoms with Crippen LogP contribution >= 0.6 is 11.6 Å². The van der Waals surface area contributed by atoms with E-state index < -0.39 is 0 Å².